The van der Waals surface area contributed by atoms with Gasteiger partial charge in [-0.2, -0.15) is 8.78 Å². The minimum absolute atomic E-state index is 0.104. The van der Waals surface area contributed by atoms with Gasteiger partial charge in [0.2, 0.25) is 9.84 Å². The maximum Gasteiger partial charge on any atom is 0.341 e. The summed E-state index contributed by atoms with van der Waals surface area (Å²) in [5, 5.41) is 4.03. The van der Waals surface area contributed by atoms with Crippen LogP contribution >= 0.6 is 34.5 Å². The molecule has 2 aromatic carbocycles. The smallest absolute Gasteiger partial charge is 0.298 e. The zero-order valence-electron chi connectivity index (χ0n) is 14.4. The zero-order valence-corrected chi connectivity index (χ0v) is 17.5. The topological polar surface area (TPSA) is 76.1 Å². The highest BCUT2D eigenvalue weighted by Gasteiger charge is 2.26. The Morgan fingerprint density at radius 1 is 1.14 bits per heavy atom. The first kappa shape index (κ1) is 21.6. The number of anilines is 1. The van der Waals surface area contributed by atoms with Crippen LogP contribution in [-0.4, -0.2) is 25.1 Å². The Bertz CT molecular complexity index is 1150. The Morgan fingerprint density at radius 3 is 2.48 bits per heavy atom. The summed E-state index contributed by atoms with van der Waals surface area (Å²) >= 11 is 13.4. The molecule has 29 heavy (non-hydrogen) atoms. The lowest BCUT2D eigenvalue weighted by molar-refractivity contribution is 0.102. The first-order valence-electron chi connectivity index (χ1n) is 7.99. The van der Waals surface area contributed by atoms with Crippen LogP contribution in [-0.2, 0) is 16.3 Å². The monoisotopic (exact) mass is 476 g/mol. The highest BCUT2D eigenvalue weighted by molar-refractivity contribution is 7.91. The molecular formula is C18H12Cl2F2N2O3S2. The number of amides is 1. The van der Waals surface area contributed by atoms with Gasteiger partial charge in [-0.05, 0) is 48.0 Å². The van der Waals surface area contributed by atoms with Crippen molar-refractivity contribution in [3.05, 3.63) is 74.7 Å². The number of carbonyl (C=O) groups excluding carboxylic acids is 1. The summed E-state index contributed by atoms with van der Waals surface area (Å²) < 4.78 is 48.0. The number of sulfone groups is 1. The number of benzene rings is 2. The Morgan fingerprint density at radius 2 is 1.83 bits per heavy atom. The first-order valence-corrected chi connectivity index (χ1v) is 11.1. The van der Waals surface area contributed by atoms with Gasteiger partial charge in [-0.3, -0.25) is 10.1 Å². The highest BCUT2D eigenvalue weighted by Crippen LogP contribution is 2.27. The molecule has 1 aromatic heterocycles. The average Bonchev–Trinajstić information content (AvgIpc) is 3.11. The van der Waals surface area contributed by atoms with Gasteiger partial charge >= 0.3 is 5.76 Å². The minimum Gasteiger partial charge on any atom is -0.298 e. The second-order valence-electron chi connectivity index (χ2n) is 5.83. The summed E-state index contributed by atoms with van der Waals surface area (Å²) in [7, 11) is -4.71. The number of carbonyl (C=O) groups is 1. The molecule has 0 saturated heterocycles. The standard InChI is InChI=1S/C18H12Cl2F2N2O3S2/c19-12-3-6-15(20)11(7-12)8-13-9-23-18(28-13)24-16(25)10-1-4-14(5-2-10)29(26,27)17(21)22/h1-7,9,17H,8H2,(H,23,24,25). The van der Waals surface area contributed by atoms with Crippen LogP contribution < -0.4 is 5.32 Å². The quantitative estimate of drug-likeness (QED) is 0.524. The molecule has 0 aliphatic heterocycles. The second-order valence-corrected chi connectivity index (χ2v) is 9.71. The molecule has 152 valence electrons. The molecule has 0 atom stereocenters. The molecule has 1 heterocycles. The fourth-order valence-corrected chi connectivity index (χ4v) is 4.31. The van der Waals surface area contributed by atoms with E-state index >= 15 is 0 Å². The van der Waals surface area contributed by atoms with Crippen molar-refractivity contribution < 1.29 is 22.0 Å². The lowest BCUT2D eigenvalue weighted by atomic mass is 10.1. The van der Waals surface area contributed by atoms with E-state index < -0.39 is 26.4 Å². The third kappa shape index (κ3) is 5.11. The van der Waals surface area contributed by atoms with Gasteiger partial charge in [0.1, 0.15) is 0 Å². The Balaban J connectivity index is 1.69. The predicted molar refractivity (Wildman–Crippen MR) is 109 cm³/mol. The van der Waals surface area contributed by atoms with Gasteiger partial charge in [-0.25, -0.2) is 13.4 Å². The van der Waals surface area contributed by atoms with E-state index in [2.05, 4.69) is 10.3 Å². The van der Waals surface area contributed by atoms with Crippen LogP contribution in [0.25, 0.3) is 0 Å². The van der Waals surface area contributed by atoms with Gasteiger partial charge in [-0.1, -0.05) is 23.2 Å². The molecule has 0 radical (unpaired) electrons. The molecule has 0 spiro atoms. The van der Waals surface area contributed by atoms with Crippen LogP contribution in [0.5, 0.6) is 0 Å². The van der Waals surface area contributed by atoms with Crippen molar-refractivity contribution in [2.75, 3.05) is 5.32 Å². The second kappa shape index (κ2) is 8.74. The summed E-state index contributed by atoms with van der Waals surface area (Å²) in [6.45, 7) is 0. The van der Waals surface area contributed by atoms with Gasteiger partial charge in [0.15, 0.2) is 5.13 Å². The number of alkyl halides is 2. The molecule has 0 bridgehead atoms. The van der Waals surface area contributed by atoms with E-state index in [1.165, 1.54) is 11.3 Å². The van der Waals surface area contributed by atoms with Crippen molar-refractivity contribution in [3.63, 3.8) is 0 Å². The van der Waals surface area contributed by atoms with Gasteiger partial charge in [0.25, 0.3) is 5.91 Å². The van der Waals surface area contributed by atoms with E-state index in [0.717, 1.165) is 34.7 Å². The van der Waals surface area contributed by atoms with Crippen molar-refractivity contribution in [3.8, 4) is 0 Å². The maximum atomic E-state index is 12.6. The molecule has 3 rings (SSSR count). The maximum absolute atomic E-state index is 12.6. The van der Waals surface area contributed by atoms with Crippen molar-refractivity contribution in [1.29, 1.82) is 0 Å². The molecule has 0 fully saturated rings. The number of aromatic nitrogens is 1. The van der Waals surface area contributed by atoms with Crippen LogP contribution in [0.15, 0.2) is 53.6 Å². The van der Waals surface area contributed by atoms with Gasteiger partial charge < -0.3 is 0 Å². The number of halogens is 4. The molecule has 1 N–H and O–H groups in total. The lowest BCUT2D eigenvalue weighted by Gasteiger charge is -2.05. The Kier molecular flexibility index (Phi) is 6.52. The first-order chi connectivity index (χ1) is 13.7. The molecule has 0 saturated carbocycles. The Labute approximate surface area is 179 Å². The Hall–Kier alpha value is -2.07. The van der Waals surface area contributed by atoms with E-state index in [4.69, 9.17) is 23.2 Å². The third-order valence-corrected chi connectivity index (χ3v) is 6.74. The van der Waals surface area contributed by atoms with E-state index in [9.17, 15) is 22.0 Å². The molecule has 11 heteroatoms. The summed E-state index contributed by atoms with van der Waals surface area (Å²) in [5.41, 5.74) is 0.921. The van der Waals surface area contributed by atoms with Crippen molar-refractivity contribution in [1.82, 2.24) is 4.98 Å². The van der Waals surface area contributed by atoms with Gasteiger partial charge in [0, 0.05) is 33.1 Å². The van der Waals surface area contributed by atoms with Gasteiger partial charge in [-0.15, -0.1) is 11.3 Å². The van der Waals surface area contributed by atoms with Crippen LogP contribution in [0.1, 0.15) is 20.8 Å². The molecule has 0 aliphatic carbocycles. The van der Waals surface area contributed by atoms with Gasteiger partial charge in [0.05, 0.1) is 4.90 Å². The predicted octanol–water partition coefficient (Wildman–Crippen LogP) is 5.29. The lowest BCUT2D eigenvalue weighted by Crippen LogP contribution is -2.14. The third-order valence-electron chi connectivity index (χ3n) is 3.83. The summed E-state index contributed by atoms with van der Waals surface area (Å²) in [4.78, 5) is 16.7. The molecule has 0 unspecified atom stereocenters. The van der Waals surface area contributed by atoms with E-state index in [1.807, 2.05) is 0 Å². The number of thiazole rings is 1. The average molecular weight is 477 g/mol. The number of hydrogen-bond acceptors (Lipinski definition) is 5. The number of rotatable bonds is 6. The number of nitrogens with one attached hydrogen (secondary N) is 1. The number of nitrogens with zero attached hydrogens (tertiary/aromatic N) is 1. The molecule has 3 aromatic rings. The highest BCUT2D eigenvalue weighted by atomic mass is 35.5. The number of hydrogen-bond donors (Lipinski definition) is 1. The molecular weight excluding hydrogens is 465 g/mol. The minimum atomic E-state index is -4.71. The summed E-state index contributed by atoms with van der Waals surface area (Å²) in [6.07, 6.45) is 2.07. The van der Waals surface area contributed by atoms with Crippen LogP contribution in [0.2, 0.25) is 10.0 Å². The summed E-state index contributed by atoms with van der Waals surface area (Å²) in [5.74, 6) is -4.07. The molecule has 5 nitrogen and oxygen atoms in total. The van der Waals surface area contributed by atoms with Crippen LogP contribution in [0.3, 0.4) is 0 Å². The van der Waals surface area contributed by atoms with E-state index in [1.54, 1.807) is 24.4 Å². The normalized spacial score (nSPS) is 11.6. The summed E-state index contributed by atoms with van der Waals surface area (Å²) in [6, 6.07) is 9.37. The fourth-order valence-electron chi connectivity index (χ4n) is 2.38. The van der Waals surface area contributed by atoms with Crippen molar-refractivity contribution in [2.45, 2.75) is 17.1 Å². The SMILES string of the molecule is O=C(Nc1ncc(Cc2cc(Cl)ccc2Cl)s1)c1ccc(S(=O)(=O)C(F)F)cc1. The largest absolute Gasteiger partial charge is 0.341 e. The zero-order chi connectivity index (χ0) is 21.2. The molecule has 1 amide bonds. The van der Waals surface area contributed by atoms with E-state index in [0.29, 0.717) is 21.6 Å². The van der Waals surface area contributed by atoms with Crippen molar-refractivity contribution in [2.24, 2.45) is 0 Å². The van der Waals surface area contributed by atoms with Crippen LogP contribution in [0.4, 0.5) is 13.9 Å². The van der Waals surface area contributed by atoms with Crippen LogP contribution in [0, 0.1) is 0 Å². The molecule has 0 aliphatic rings. The van der Waals surface area contributed by atoms with Crippen molar-refractivity contribution >= 4 is 55.4 Å². The van der Waals surface area contributed by atoms with E-state index in [-0.39, 0.29) is 5.56 Å². The fraction of sp³-hybridized carbons (Fsp3) is 0.111.